The van der Waals surface area contributed by atoms with Crippen LogP contribution in [0.4, 0.5) is 0 Å². The number of hydrogen-bond donors (Lipinski definition) is 1. The van der Waals surface area contributed by atoms with Gasteiger partial charge in [-0.05, 0) is 44.9 Å². The fourth-order valence-corrected chi connectivity index (χ4v) is 5.09. The smallest absolute Gasteiger partial charge is 0.253 e. The average molecular weight is 413 g/mol. The van der Waals surface area contributed by atoms with Crippen LogP contribution in [0, 0.1) is 5.92 Å². The van der Waals surface area contributed by atoms with Crippen LogP contribution in [-0.4, -0.2) is 65.0 Å². The molecule has 8 nitrogen and oxygen atoms in total. The second kappa shape index (κ2) is 8.77. The predicted molar refractivity (Wildman–Crippen MR) is 103 cm³/mol. The minimum absolute atomic E-state index is 0.0365. The van der Waals surface area contributed by atoms with E-state index in [1.165, 1.54) is 19.2 Å². The zero-order chi connectivity index (χ0) is 20.3. The van der Waals surface area contributed by atoms with Gasteiger partial charge in [-0.15, -0.1) is 0 Å². The first-order valence-corrected chi connectivity index (χ1v) is 11.0. The van der Waals surface area contributed by atoms with E-state index in [0.717, 1.165) is 12.8 Å². The fraction of sp³-hybridized carbons (Fsp3) is 0.632. The van der Waals surface area contributed by atoms with Gasteiger partial charge in [-0.1, -0.05) is 0 Å². The van der Waals surface area contributed by atoms with Crippen LogP contribution in [0.25, 0.3) is 0 Å². The van der Waals surface area contributed by atoms with E-state index in [1.54, 1.807) is 24.8 Å². The van der Waals surface area contributed by atoms with Gasteiger partial charge in [0.1, 0.15) is 10.6 Å². The summed E-state index contributed by atoms with van der Waals surface area (Å²) in [4.78, 5) is 14.8. The summed E-state index contributed by atoms with van der Waals surface area (Å²) in [6.07, 6.45) is 1.53. The van der Waals surface area contributed by atoms with Crippen molar-refractivity contribution in [2.24, 2.45) is 5.92 Å². The highest BCUT2D eigenvalue weighted by atomic mass is 32.2. The van der Waals surface area contributed by atoms with Gasteiger partial charge in [0.2, 0.25) is 10.0 Å². The normalized spacial score (nSPS) is 21.3. The topological polar surface area (TPSA) is 94.2 Å². The van der Waals surface area contributed by atoms with Crippen LogP contribution in [0.2, 0.25) is 0 Å². The number of nitrogens with one attached hydrogen (secondary N) is 1. The summed E-state index contributed by atoms with van der Waals surface area (Å²) < 4.78 is 44.2. The quantitative estimate of drug-likeness (QED) is 0.763. The van der Waals surface area contributed by atoms with Crippen LogP contribution in [0.15, 0.2) is 23.1 Å². The number of amides is 1. The molecule has 1 aromatic rings. The third kappa shape index (κ3) is 4.65. The molecule has 1 unspecified atom stereocenters. The summed E-state index contributed by atoms with van der Waals surface area (Å²) in [5, 5.41) is 0. The summed E-state index contributed by atoms with van der Waals surface area (Å²) in [6, 6.07) is 4.23. The molecule has 1 atom stereocenters. The van der Waals surface area contributed by atoms with Crippen LogP contribution in [0.5, 0.6) is 5.75 Å². The minimum Gasteiger partial charge on any atom is -0.495 e. The molecule has 156 valence electrons. The Morgan fingerprint density at radius 1 is 1.29 bits per heavy atom. The molecule has 3 rings (SSSR count). The molecule has 0 spiro atoms. The number of methoxy groups -OCH3 is 1. The number of nitrogens with zero attached hydrogens (tertiary/aromatic N) is 1. The van der Waals surface area contributed by atoms with Crippen LogP contribution >= 0.6 is 0 Å². The first-order valence-electron chi connectivity index (χ1n) is 9.54. The highest BCUT2D eigenvalue weighted by molar-refractivity contribution is 7.89. The van der Waals surface area contributed by atoms with Crippen molar-refractivity contribution in [2.75, 3.05) is 33.4 Å². The molecule has 2 aliphatic rings. The summed E-state index contributed by atoms with van der Waals surface area (Å²) in [7, 11) is -2.39. The lowest BCUT2D eigenvalue weighted by molar-refractivity contribution is -0.0969. The van der Waals surface area contributed by atoms with Gasteiger partial charge in [0.25, 0.3) is 5.91 Å². The molecule has 1 N–H and O–H groups in total. The van der Waals surface area contributed by atoms with E-state index in [4.69, 9.17) is 14.2 Å². The maximum Gasteiger partial charge on any atom is 0.253 e. The third-order valence-electron chi connectivity index (χ3n) is 4.87. The molecule has 0 bridgehead atoms. The Morgan fingerprint density at radius 2 is 2.00 bits per heavy atom. The number of likely N-dealkylation sites (tertiary alicyclic amines) is 1. The lowest BCUT2D eigenvalue weighted by Crippen LogP contribution is -2.43. The van der Waals surface area contributed by atoms with Crippen LogP contribution in [0.3, 0.4) is 0 Å². The fourth-order valence-electron chi connectivity index (χ4n) is 3.64. The Balaban J connectivity index is 1.82. The Hall–Kier alpha value is -1.68. The molecule has 2 saturated heterocycles. The maximum atomic E-state index is 13.0. The van der Waals surface area contributed by atoms with Crippen molar-refractivity contribution < 1.29 is 27.4 Å². The molecule has 1 amide bonds. The van der Waals surface area contributed by atoms with Gasteiger partial charge in [0.15, 0.2) is 6.29 Å². The molecule has 9 heteroatoms. The van der Waals surface area contributed by atoms with E-state index >= 15 is 0 Å². The van der Waals surface area contributed by atoms with Crippen molar-refractivity contribution in [3.05, 3.63) is 23.8 Å². The number of benzene rings is 1. The van der Waals surface area contributed by atoms with Gasteiger partial charge in [-0.2, -0.15) is 0 Å². The summed E-state index contributed by atoms with van der Waals surface area (Å²) in [6.45, 7) is 5.79. The Labute approximate surface area is 166 Å². The second-order valence-corrected chi connectivity index (χ2v) is 9.09. The molecule has 0 aliphatic carbocycles. The van der Waals surface area contributed by atoms with Crippen molar-refractivity contribution in [3.8, 4) is 5.75 Å². The lowest BCUT2D eigenvalue weighted by atomic mass is 9.96. The molecule has 0 radical (unpaired) electrons. The number of sulfonamides is 1. The number of hydrogen-bond acceptors (Lipinski definition) is 6. The SMILES string of the molecule is COc1ccc(C(=O)N2CCCC(C3OCCO3)C2)cc1S(=O)(=O)NC(C)C. The van der Waals surface area contributed by atoms with E-state index in [9.17, 15) is 13.2 Å². The van der Waals surface area contributed by atoms with E-state index in [-0.39, 0.29) is 34.8 Å². The van der Waals surface area contributed by atoms with E-state index in [0.29, 0.717) is 31.9 Å². The summed E-state index contributed by atoms with van der Waals surface area (Å²) in [5.41, 5.74) is 0.318. The van der Waals surface area contributed by atoms with Gasteiger partial charge in [0, 0.05) is 30.6 Å². The van der Waals surface area contributed by atoms with E-state index in [2.05, 4.69) is 4.72 Å². The molecule has 2 heterocycles. The highest BCUT2D eigenvalue weighted by Gasteiger charge is 2.33. The number of piperidine rings is 1. The molecule has 2 aliphatic heterocycles. The van der Waals surface area contributed by atoms with Crippen LogP contribution in [-0.2, 0) is 19.5 Å². The molecular formula is C19H28N2O6S. The number of carbonyl (C=O) groups excluding carboxylic acids is 1. The van der Waals surface area contributed by atoms with Crippen molar-refractivity contribution >= 4 is 15.9 Å². The lowest BCUT2D eigenvalue weighted by Gasteiger charge is -2.34. The molecule has 0 saturated carbocycles. The standard InChI is InChI=1S/C19H28N2O6S/c1-13(2)20-28(23,24)17-11-14(6-7-16(17)25-3)18(22)21-8-4-5-15(12-21)19-26-9-10-27-19/h6-7,11,13,15,19-20H,4-5,8-10,12H2,1-3H3. The molecular weight excluding hydrogens is 384 g/mol. The van der Waals surface area contributed by atoms with Crippen molar-refractivity contribution in [2.45, 2.75) is 43.9 Å². The predicted octanol–water partition coefficient (Wildman–Crippen LogP) is 1.61. The number of ether oxygens (including phenoxy) is 3. The van der Waals surface area contributed by atoms with E-state index in [1.807, 2.05) is 0 Å². The number of rotatable bonds is 6. The van der Waals surface area contributed by atoms with Gasteiger partial charge in [-0.3, -0.25) is 4.79 Å². The zero-order valence-electron chi connectivity index (χ0n) is 16.5. The van der Waals surface area contributed by atoms with Crippen molar-refractivity contribution in [3.63, 3.8) is 0 Å². The van der Waals surface area contributed by atoms with Gasteiger partial charge in [-0.25, -0.2) is 13.1 Å². The summed E-state index contributed by atoms with van der Waals surface area (Å²) >= 11 is 0. The zero-order valence-corrected chi connectivity index (χ0v) is 17.3. The van der Waals surface area contributed by atoms with E-state index < -0.39 is 10.0 Å². The largest absolute Gasteiger partial charge is 0.495 e. The maximum absolute atomic E-state index is 13.0. The third-order valence-corrected chi connectivity index (χ3v) is 6.55. The molecule has 2 fully saturated rings. The highest BCUT2D eigenvalue weighted by Crippen LogP contribution is 2.28. The number of carbonyl (C=O) groups is 1. The summed E-state index contributed by atoms with van der Waals surface area (Å²) in [5.74, 6) is 0.129. The van der Waals surface area contributed by atoms with Crippen molar-refractivity contribution in [1.29, 1.82) is 0 Å². The van der Waals surface area contributed by atoms with Crippen molar-refractivity contribution in [1.82, 2.24) is 9.62 Å². The molecule has 28 heavy (non-hydrogen) atoms. The van der Waals surface area contributed by atoms with Gasteiger partial charge in [0.05, 0.1) is 20.3 Å². The minimum atomic E-state index is -3.80. The Bertz CT molecular complexity index is 805. The Kier molecular flexibility index (Phi) is 6.59. The van der Waals surface area contributed by atoms with Gasteiger partial charge < -0.3 is 19.1 Å². The Morgan fingerprint density at radius 3 is 2.64 bits per heavy atom. The first kappa shape index (κ1) is 21.0. The monoisotopic (exact) mass is 412 g/mol. The average Bonchev–Trinajstić information content (AvgIpc) is 3.21. The molecule has 1 aromatic carbocycles. The molecule has 0 aromatic heterocycles. The first-order chi connectivity index (χ1) is 13.3. The van der Waals surface area contributed by atoms with Gasteiger partial charge >= 0.3 is 0 Å². The van der Waals surface area contributed by atoms with Crippen LogP contribution < -0.4 is 9.46 Å². The second-order valence-electron chi connectivity index (χ2n) is 7.41. The van der Waals surface area contributed by atoms with Crippen LogP contribution in [0.1, 0.15) is 37.0 Å².